The van der Waals surface area contributed by atoms with E-state index in [1.807, 2.05) is 4.57 Å². The highest BCUT2D eigenvalue weighted by Crippen LogP contribution is 2.51. The molecule has 2 aromatic rings. The van der Waals surface area contributed by atoms with Crippen molar-refractivity contribution in [2.75, 3.05) is 31.2 Å². The molecule has 0 radical (unpaired) electrons. The van der Waals surface area contributed by atoms with Gasteiger partial charge in [0.15, 0.2) is 11.5 Å². The summed E-state index contributed by atoms with van der Waals surface area (Å²) < 4.78 is 62.7. The molecule has 0 amide bonds. The third kappa shape index (κ3) is 10.4. The molecule has 228 valence electrons. The van der Waals surface area contributed by atoms with Crippen LogP contribution in [0, 0.1) is 0 Å². The SMILES string of the molecule is CC(C)OP(=O)(COCC(COCP(=O)(OC(C)C)OC(C)C)n1cnc2c(NC3CC3)ncnc21)OC(C)C. The van der Waals surface area contributed by atoms with Gasteiger partial charge in [-0.2, -0.15) is 0 Å². The van der Waals surface area contributed by atoms with Crippen LogP contribution in [0.15, 0.2) is 12.7 Å². The first-order valence-electron chi connectivity index (χ1n) is 13.8. The Labute approximate surface area is 237 Å². The lowest BCUT2D eigenvalue weighted by atomic mass is 10.3. The van der Waals surface area contributed by atoms with Gasteiger partial charge in [-0.25, -0.2) is 15.0 Å². The zero-order chi connectivity index (χ0) is 29.5. The molecule has 0 aromatic carbocycles. The minimum atomic E-state index is -3.52. The molecule has 1 aliphatic carbocycles. The van der Waals surface area contributed by atoms with Crippen LogP contribution < -0.4 is 5.32 Å². The number of ether oxygens (including phenoxy) is 2. The predicted molar refractivity (Wildman–Crippen MR) is 153 cm³/mol. The van der Waals surface area contributed by atoms with Gasteiger partial charge in [-0.05, 0) is 68.2 Å². The molecule has 0 atom stereocenters. The first kappa shape index (κ1) is 33.1. The molecule has 2 aromatic heterocycles. The van der Waals surface area contributed by atoms with Crippen LogP contribution in [0.3, 0.4) is 0 Å². The van der Waals surface area contributed by atoms with E-state index < -0.39 is 21.2 Å². The molecule has 0 spiro atoms. The van der Waals surface area contributed by atoms with E-state index in [-0.39, 0.29) is 50.3 Å². The quantitative estimate of drug-likeness (QED) is 0.188. The molecule has 15 heteroatoms. The molecule has 13 nitrogen and oxygen atoms in total. The standard InChI is InChI=1S/C25H45N5O8P2/c1-17(2)35-39(31,36-18(3)4)15-33-11-22(12-34-16-40(32,37-19(5)6)38-20(7)8)30-14-28-23-24(29-21-9-10-21)26-13-27-25(23)30/h13-14,17-22H,9-12,15-16H2,1-8H3,(H,26,27,29). The maximum atomic E-state index is 13.3. The van der Waals surface area contributed by atoms with Crippen LogP contribution in [0.25, 0.3) is 11.2 Å². The Hall–Kier alpha value is -1.43. The average Bonchev–Trinajstić information content (AvgIpc) is 3.51. The van der Waals surface area contributed by atoms with Crippen LogP contribution >= 0.6 is 15.2 Å². The summed E-state index contributed by atoms with van der Waals surface area (Å²) in [4.78, 5) is 13.4. The van der Waals surface area contributed by atoms with Gasteiger partial charge in [-0.3, -0.25) is 9.13 Å². The van der Waals surface area contributed by atoms with Gasteiger partial charge in [-0.1, -0.05) is 0 Å². The minimum Gasteiger partial charge on any atom is -0.367 e. The van der Waals surface area contributed by atoms with Crippen LogP contribution in [0.4, 0.5) is 5.82 Å². The number of anilines is 1. The van der Waals surface area contributed by atoms with E-state index in [9.17, 15) is 9.13 Å². The summed E-state index contributed by atoms with van der Waals surface area (Å²) in [7, 11) is -7.04. The molecular weight excluding hydrogens is 560 g/mol. The van der Waals surface area contributed by atoms with Crippen LogP contribution in [0.5, 0.6) is 0 Å². The van der Waals surface area contributed by atoms with E-state index in [1.54, 1.807) is 61.7 Å². The number of fused-ring (bicyclic) bond motifs is 1. The normalized spacial score (nSPS) is 15.0. The fraction of sp³-hybridized carbons (Fsp3) is 0.800. The Morgan fingerprint density at radius 2 is 1.27 bits per heavy atom. The first-order chi connectivity index (χ1) is 18.8. The number of nitrogens with zero attached hydrogens (tertiary/aromatic N) is 4. The molecule has 0 aliphatic heterocycles. The lowest BCUT2D eigenvalue weighted by Crippen LogP contribution is -2.23. The zero-order valence-corrected chi connectivity index (χ0v) is 26.6. The molecule has 0 bridgehead atoms. The Morgan fingerprint density at radius 3 is 1.70 bits per heavy atom. The predicted octanol–water partition coefficient (Wildman–Crippen LogP) is 5.98. The van der Waals surface area contributed by atoms with E-state index in [0.717, 1.165) is 12.8 Å². The van der Waals surface area contributed by atoms with Crippen molar-refractivity contribution in [3.8, 4) is 0 Å². The molecule has 40 heavy (non-hydrogen) atoms. The number of aromatic nitrogens is 4. The van der Waals surface area contributed by atoms with Gasteiger partial charge in [0.2, 0.25) is 0 Å². The minimum absolute atomic E-state index is 0.0636. The molecular formula is C25H45N5O8P2. The molecule has 1 N–H and O–H groups in total. The van der Waals surface area contributed by atoms with Crippen LogP contribution in [-0.4, -0.2) is 75.9 Å². The monoisotopic (exact) mass is 605 g/mol. The third-order valence-corrected chi connectivity index (χ3v) is 9.24. The molecule has 3 rings (SSSR count). The maximum Gasteiger partial charge on any atom is 0.356 e. The summed E-state index contributed by atoms with van der Waals surface area (Å²) in [5.74, 6) is 0.659. The van der Waals surface area contributed by atoms with Crippen molar-refractivity contribution in [3.05, 3.63) is 12.7 Å². The van der Waals surface area contributed by atoms with Gasteiger partial charge < -0.3 is 37.5 Å². The second kappa shape index (κ2) is 14.6. The number of rotatable bonds is 19. The van der Waals surface area contributed by atoms with Crippen molar-refractivity contribution in [1.82, 2.24) is 19.5 Å². The maximum absolute atomic E-state index is 13.3. The molecule has 2 heterocycles. The van der Waals surface area contributed by atoms with E-state index in [4.69, 9.17) is 27.6 Å². The van der Waals surface area contributed by atoms with Crippen molar-refractivity contribution in [2.45, 2.75) is 105 Å². The molecule has 1 aliphatic rings. The number of hydrogen-bond acceptors (Lipinski definition) is 12. The van der Waals surface area contributed by atoms with Crippen molar-refractivity contribution >= 4 is 32.2 Å². The van der Waals surface area contributed by atoms with Crippen molar-refractivity contribution in [2.24, 2.45) is 0 Å². The molecule has 0 unspecified atom stereocenters. The highest BCUT2D eigenvalue weighted by atomic mass is 31.2. The Bertz CT molecular complexity index is 1100. The van der Waals surface area contributed by atoms with Gasteiger partial charge >= 0.3 is 15.2 Å². The third-order valence-electron chi connectivity index (χ3n) is 5.28. The summed E-state index contributed by atoms with van der Waals surface area (Å²) in [6, 6.07) is -0.0930. The Kier molecular flexibility index (Phi) is 12.1. The highest BCUT2D eigenvalue weighted by Gasteiger charge is 2.31. The van der Waals surface area contributed by atoms with Crippen LogP contribution in [-0.2, 0) is 36.7 Å². The fourth-order valence-corrected chi connectivity index (χ4v) is 7.48. The number of nitrogens with one attached hydrogen (secondary N) is 1. The van der Waals surface area contributed by atoms with Crippen LogP contribution in [0.1, 0.15) is 74.3 Å². The molecule has 0 saturated heterocycles. The number of hydrogen-bond donors (Lipinski definition) is 1. The van der Waals surface area contributed by atoms with Gasteiger partial charge in [0.1, 0.15) is 24.5 Å². The van der Waals surface area contributed by atoms with Crippen molar-refractivity contribution in [3.63, 3.8) is 0 Å². The fourth-order valence-electron chi connectivity index (χ4n) is 3.91. The molecule has 1 fully saturated rings. The summed E-state index contributed by atoms with van der Waals surface area (Å²) in [6.45, 7) is 14.4. The summed E-state index contributed by atoms with van der Waals surface area (Å²) >= 11 is 0. The second-order valence-electron chi connectivity index (χ2n) is 11.0. The summed E-state index contributed by atoms with van der Waals surface area (Å²) in [5, 5.41) is 3.38. The Morgan fingerprint density at radius 1 is 0.800 bits per heavy atom. The van der Waals surface area contributed by atoms with E-state index in [2.05, 4.69) is 20.3 Å². The van der Waals surface area contributed by atoms with E-state index in [0.29, 0.717) is 23.0 Å². The van der Waals surface area contributed by atoms with E-state index >= 15 is 0 Å². The average molecular weight is 606 g/mol. The number of imidazole rings is 1. The summed E-state index contributed by atoms with van der Waals surface area (Å²) in [5.41, 5.74) is 1.20. The zero-order valence-electron chi connectivity index (χ0n) is 24.8. The highest BCUT2D eigenvalue weighted by molar-refractivity contribution is 7.53. The van der Waals surface area contributed by atoms with Crippen molar-refractivity contribution < 1.29 is 36.7 Å². The summed E-state index contributed by atoms with van der Waals surface area (Å²) in [6.07, 6.45) is 3.55. The van der Waals surface area contributed by atoms with E-state index in [1.165, 1.54) is 6.33 Å². The van der Waals surface area contributed by atoms with Crippen LogP contribution in [0.2, 0.25) is 0 Å². The van der Waals surface area contributed by atoms with Crippen molar-refractivity contribution in [1.29, 1.82) is 0 Å². The van der Waals surface area contributed by atoms with Gasteiger partial charge in [0, 0.05) is 6.04 Å². The van der Waals surface area contributed by atoms with Gasteiger partial charge in [0.25, 0.3) is 0 Å². The lowest BCUT2D eigenvalue weighted by Gasteiger charge is -2.26. The second-order valence-corrected chi connectivity index (χ2v) is 14.8. The first-order valence-corrected chi connectivity index (χ1v) is 17.3. The largest absolute Gasteiger partial charge is 0.367 e. The topological polar surface area (TPSA) is 145 Å². The lowest BCUT2D eigenvalue weighted by molar-refractivity contribution is 0.0474. The smallest absolute Gasteiger partial charge is 0.356 e. The van der Waals surface area contributed by atoms with Gasteiger partial charge in [0.05, 0.1) is 50.0 Å². The molecule has 1 saturated carbocycles. The Balaban J connectivity index is 1.80. The van der Waals surface area contributed by atoms with Gasteiger partial charge in [-0.15, -0.1) is 0 Å².